The Balaban J connectivity index is -0.0000000275. The maximum atomic E-state index is 8.46. The van der Waals surface area contributed by atoms with E-state index in [2.05, 4.69) is 18.9 Å². The number of hydrogen-bond acceptors (Lipinski definition) is 1. The molecule has 0 aliphatic rings. The van der Waals surface area contributed by atoms with Crippen LogP contribution < -0.4 is 5.73 Å². The maximum absolute atomic E-state index is 8.46. The average molecular weight is 137 g/mol. The van der Waals surface area contributed by atoms with Gasteiger partial charge < -0.3 is 10.5 Å². The molecule has 0 spiro atoms. The number of rotatable bonds is 0. The van der Waals surface area contributed by atoms with Gasteiger partial charge in [-0.15, -0.1) is 13.2 Å². The van der Waals surface area contributed by atoms with Crippen molar-refractivity contribution in [2.75, 3.05) is 0 Å². The first-order valence-electron chi connectivity index (χ1n) is 0.993. The van der Waals surface area contributed by atoms with E-state index in [1.165, 1.54) is 0 Å². The van der Waals surface area contributed by atoms with Gasteiger partial charge in [0.15, 0.2) is 0 Å². The molecule has 1 amide bonds. The summed E-state index contributed by atoms with van der Waals surface area (Å²) < 4.78 is 0. The molecule has 0 saturated heterocycles. The minimum atomic E-state index is 0. The molecular weight excluding hydrogens is 131 g/mol. The smallest absolute Gasteiger partial charge is 0 e. The predicted octanol–water partition coefficient (Wildman–Crippen LogP) is -0.188. The van der Waals surface area contributed by atoms with Crippen LogP contribution in [0.25, 0.3) is 0 Å². The molecule has 0 rings (SSSR count). The summed E-state index contributed by atoms with van der Waals surface area (Å²) in [4.78, 5) is 8.46. The van der Waals surface area contributed by atoms with Gasteiger partial charge in [0.2, 0.25) is 0 Å². The van der Waals surface area contributed by atoms with Gasteiger partial charge in [0.25, 0.3) is 0 Å². The van der Waals surface area contributed by atoms with Crippen LogP contribution in [0.1, 0.15) is 0 Å². The molecule has 0 saturated carbocycles. The molecule has 0 aliphatic carbocycles. The van der Waals surface area contributed by atoms with E-state index in [0.717, 1.165) is 6.41 Å². The van der Waals surface area contributed by atoms with E-state index >= 15 is 0 Å². The van der Waals surface area contributed by atoms with Crippen LogP contribution in [0.2, 0.25) is 0 Å². The van der Waals surface area contributed by atoms with Crippen molar-refractivity contribution in [3.05, 3.63) is 13.2 Å². The van der Waals surface area contributed by atoms with Crippen molar-refractivity contribution in [1.29, 1.82) is 0 Å². The van der Waals surface area contributed by atoms with Crippen molar-refractivity contribution in [2.45, 2.75) is 0 Å². The van der Waals surface area contributed by atoms with Gasteiger partial charge in [-0.25, -0.2) is 0 Å². The van der Waals surface area contributed by atoms with E-state index in [9.17, 15) is 0 Å². The van der Waals surface area contributed by atoms with Gasteiger partial charge in [-0.05, 0) is 0 Å². The van der Waals surface area contributed by atoms with Crippen LogP contribution in [0.15, 0.2) is 13.2 Å². The zero-order valence-electron chi connectivity index (χ0n) is 3.61. The summed E-state index contributed by atoms with van der Waals surface area (Å²) in [6, 6.07) is 0. The van der Waals surface area contributed by atoms with Gasteiger partial charge in [-0.2, -0.15) is 6.41 Å². The van der Waals surface area contributed by atoms with Crippen molar-refractivity contribution >= 4 is 6.41 Å². The molecule has 2 nitrogen and oxygen atoms in total. The molecule has 0 atom stereocenters. The SMILES string of the molecule is C=C.N[C-]=O.[Zn]. The number of primary amides is 1. The Kier molecular flexibility index (Phi) is 289. The zero-order valence-corrected chi connectivity index (χ0v) is 6.57. The fourth-order valence-electron chi connectivity index (χ4n) is 0. The van der Waals surface area contributed by atoms with E-state index in [1.807, 2.05) is 0 Å². The minimum absolute atomic E-state index is 0. The quantitative estimate of drug-likeness (QED) is 0.214. The molecule has 6 heavy (non-hydrogen) atoms. The van der Waals surface area contributed by atoms with Gasteiger partial charge in [-0.1, -0.05) is 0 Å². The van der Waals surface area contributed by atoms with Crippen molar-refractivity contribution < 1.29 is 24.3 Å². The van der Waals surface area contributed by atoms with Crippen molar-refractivity contribution in [2.24, 2.45) is 5.73 Å². The molecule has 32 valence electrons. The Morgan fingerprint density at radius 2 is 1.50 bits per heavy atom. The van der Waals surface area contributed by atoms with Gasteiger partial charge in [-0.3, -0.25) is 0 Å². The molecule has 0 unspecified atom stereocenters. The van der Waals surface area contributed by atoms with Gasteiger partial charge in [0.1, 0.15) is 0 Å². The van der Waals surface area contributed by atoms with E-state index in [4.69, 9.17) is 4.79 Å². The minimum Gasteiger partial charge on any atom is -0.543 e. The Labute approximate surface area is 50.2 Å². The fraction of sp³-hybridized carbons (Fsp3) is 0. The average Bonchev–Trinajstić information content (AvgIpc) is 1.46. The first-order valence-corrected chi connectivity index (χ1v) is 0.993. The first-order chi connectivity index (χ1) is 2.41. The zero-order chi connectivity index (χ0) is 4.71. The van der Waals surface area contributed by atoms with Crippen LogP contribution in [0.3, 0.4) is 0 Å². The van der Waals surface area contributed by atoms with Crippen LogP contribution in [0.5, 0.6) is 0 Å². The van der Waals surface area contributed by atoms with E-state index in [-0.39, 0.29) is 19.5 Å². The number of nitrogens with two attached hydrogens (primary N) is 1. The summed E-state index contributed by atoms with van der Waals surface area (Å²) in [7, 11) is 0. The first kappa shape index (κ1) is 17.0. The van der Waals surface area contributed by atoms with Gasteiger partial charge >= 0.3 is 0 Å². The van der Waals surface area contributed by atoms with Crippen LogP contribution >= 0.6 is 0 Å². The third-order valence-corrected chi connectivity index (χ3v) is 0. The second-order valence-electron chi connectivity index (χ2n) is 0.118. The van der Waals surface area contributed by atoms with E-state index < -0.39 is 0 Å². The molecule has 0 aromatic heterocycles. The predicted molar refractivity (Wildman–Crippen MR) is 21.1 cm³/mol. The maximum Gasteiger partial charge on any atom is 0 e. The summed E-state index contributed by atoms with van der Waals surface area (Å²) in [5.41, 5.74) is 4.04. The molecule has 0 aliphatic heterocycles. The largest absolute Gasteiger partial charge is 0.543 e. The topological polar surface area (TPSA) is 43.1 Å². The molecule has 0 bridgehead atoms. The molecular formula is C3H6NOZn-. The molecule has 0 fully saturated rings. The monoisotopic (exact) mass is 136 g/mol. The van der Waals surface area contributed by atoms with Crippen molar-refractivity contribution in [3.63, 3.8) is 0 Å². The molecule has 0 aromatic rings. The Bertz CT molecular complexity index is 24.8. The normalized spacial score (nSPS) is 2.67. The van der Waals surface area contributed by atoms with Crippen molar-refractivity contribution in [1.82, 2.24) is 0 Å². The molecule has 0 radical (unpaired) electrons. The molecule has 0 aromatic carbocycles. The second kappa shape index (κ2) is 102. The van der Waals surface area contributed by atoms with Gasteiger partial charge in [0.05, 0.1) is 0 Å². The summed E-state index contributed by atoms with van der Waals surface area (Å²) >= 11 is 0. The standard InChI is InChI=1S/C2H4.CH2NO.Zn/c1-2;2-1-3;/h1-2H2;(H2,2,3);/q;-1;. The summed E-state index contributed by atoms with van der Waals surface area (Å²) in [6.45, 7) is 6.00. The third kappa shape index (κ3) is 1110. The van der Waals surface area contributed by atoms with Crippen LogP contribution in [0, 0.1) is 0 Å². The Hall–Kier alpha value is -0.167. The number of carbonyl (C=O) groups excluding carboxylic acids is 1. The van der Waals surface area contributed by atoms with Gasteiger partial charge in [0, 0.05) is 19.5 Å². The van der Waals surface area contributed by atoms with E-state index in [1.54, 1.807) is 0 Å². The third-order valence-electron chi connectivity index (χ3n) is 0. The summed E-state index contributed by atoms with van der Waals surface area (Å²) in [5.74, 6) is 0. The number of amides is 1. The summed E-state index contributed by atoms with van der Waals surface area (Å²) in [5, 5.41) is 0. The van der Waals surface area contributed by atoms with Crippen LogP contribution in [-0.2, 0) is 24.3 Å². The fourth-order valence-corrected chi connectivity index (χ4v) is 0. The number of hydrogen-bond donors (Lipinski definition) is 1. The van der Waals surface area contributed by atoms with Crippen LogP contribution in [-0.4, -0.2) is 6.41 Å². The Morgan fingerprint density at radius 1 is 1.50 bits per heavy atom. The molecule has 0 heterocycles. The molecule has 2 N–H and O–H groups in total. The van der Waals surface area contributed by atoms with E-state index in [0.29, 0.717) is 0 Å². The summed E-state index contributed by atoms with van der Waals surface area (Å²) in [6.07, 6.45) is 1.00. The Morgan fingerprint density at radius 3 is 1.50 bits per heavy atom. The second-order valence-corrected chi connectivity index (χ2v) is 0.118. The molecule has 3 heteroatoms. The van der Waals surface area contributed by atoms with Crippen LogP contribution in [0.4, 0.5) is 0 Å². The van der Waals surface area contributed by atoms with Crippen molar-refractivity contribution in [3.8, 4) is 0 Å².